The number of hydrogen-bond donors (Lipinski definition) is 3. The lowest BCUT2D eigenvalue weighted by Gasteiger charge is -2.37. The Hall–Kier alpha value is -4.72. The second-order valence-corrected chi connectivity index (χ2v) is 10.4. The maximum Gasteiger partial charge on any atom is 0.254 e. The molecule has 1 heterocycles. The summed E-state index contributed by atoms with van der Waals surface area (Å²) in [5, 5.41) is 16.7. The Morgan fingerprint density at radius 3 is 2.20 bits per heavy atom. The molecule has 0 saturated carbocycles. The van der Waals surface area contributed by atoms with Crippen LogP contribution in [0.3, 0.4) is 0 Å². The van der Waals surface area contributed by atoms with Gasteiger partial charge in [-0.2, -0.15) is 0 Å². The third-order valence-electron chi connectivity index (χ3n) is 7.80. The molecule has 0 saturated heterocycles. The van der Waals surface area contributed by atoms with Gasteiger partial charge in [0.05, 0.1) is 21.3 Å². The van der Waals surface area contributed by atoms with E-state index in [1.165, 1.54) is 13.2 Å². The molecule has 0 bridgehead atoms. The number of benzene rings is 3. The molecule has 2 atom stereocenters. The van der Waals surface area contributed by atoms with Crippen LogP contribution in [0.15, 0.2) is 83.2 Å². The molecule has 3 N–H and O–H groups in total. The number of phenolic OH excluding ortho intramolecular Hbond substituents is 1. The Morgan fingerprint density at radius 2 is 1.51 bits per heavy atom. The quantitative estimate of drug-likeness (QED) is 0.343. The molecule has 2 aliphatic rings. The van der Waals surface area contributed by atoms with Crippen molar-refractivity contribution in [3.05, 3.63) is 99.9 Å². The topological polar surface area (TPSA) is 106 Å². The molecule has 1 aliphatic heterocycles. The lowest BCUT2D eigenvalue weighted by molar-refractivity contribution is -0.116. The van der Waals surface area contributed by atoms with Crippen molar-refractivity contribution in [3.8, 4) is 23.0 Å². The van der Waals surface area contributed by atoms with Crippen LogP contribution in [-0.4, -0.2) is 38.1 Å². The number of dihydropyridines is 1. The molecular formula is C33H34N2O6. The van der Waals surface area contributed by atoms with Gasteiger partial charge in [-0.1, -0.05) is 29.8 Å². The molecule has 1 aliphatic carbocycles. The molecule has 41 heavy (non-hydrogen) atoms. The van der Waals surface area contributed by atoms with Gasteiger partial charge in [-0.15, -0.1) is 0 Å². The highest BCUT2D eigenvalue weighted by atomic mass is 16.5. The number of hydrogen-bond acceptors (Lipinski definition) is 7. The van der Waals surface area contributed by atoms with Crippen LogP contribution in [0, 0.1) is 6.92 Å². The van der Waals surface area contributed by atoms with E-state index in [1.807, 2.05) is 56.3 Å². The third-order valence-corrected chi connectivity index (χ3v) is 7.80. The lowest BCUT2D eigenvalue weighted by atomic mass is 9.71. The molecule has 3 aromatic carbocycles. The number of carbonyl (C=O) groups excluding carboxylic acids is 2. The maximum atomic E-state index is 14.0. The average molecular weight is 555 g/mol. The Labute approximate surface area is 239 Å². The molecule has 5 rings (SSSR count). The van der Waals surface area contributed by atoms with Crippen molar-refractivity contribution in [3.63, 3.8) is 0 Å². The van der Waals surface area contributed by atoms with Gasteiger partial charge in [-0.25, -0.2) is 0 Å². The summed E-state index contributed by atoms with van der Waals surface area (Å²) in [6.45, 7) is 3.83. The van der Waals surface area contributed by atoms with Crippen molar-refractivity contribution in [1.82, 2.24) is 5.32 Å². The summed E-state index contributed by atoms with van der Waals surface area (Å²) < 4.78 is 16.3. The van der Waals surface area contributed by atoms with Gasteiger partial charge in [-0.3, -0.25) is 9.59 Å². The number of amides is 1. The number of nitrogens with one attached hydrogen (secondary N) is 2. The van der Waals surface area contributed by atoms with Gasteiger partial charge in [0, 0.05) is 40.6 Å². The molecule has 1 amide bonds. The molecule has 0 radical (unpaired) electrons. The SMILES string of the molecule is COc1cc([C@H]2C(C(=O)Nc3ccc(C)cc3)=C(C)NC3=C2C(=O)C[C@H](c2ccc(OC)c(OC)c2)C3)ccc1O. The number of ketones is 1. The molecule has 0 unspecified atom stereocenters. The minimum atomic E-state index is -0.648. The fourth-order valence-electron chi connectivity index (χ4n) is 5.72. The average Bonchev–Trinajstić information content (AvgIpc) is 2.97. The Kier molecular flexibility index (Phi) is 7.75. The number of aryl methyl sites for hydroxylation is 1. The molecular weight excluding hydrogens is 520 g/mol. The highest BCUT2D eigenvalue weighted by molar-refractivity contribution is 6.10. The number of rotatable bonds is 7. The van der Waals surface area contributed by atoms with Crippen molar-refractivity contribution in [2.75, 3.05) is 26.6 Å². The van der Waals surface area contributed by atoms with Crippen molar-refractivity contribution >= 4 is 17.4 Å². The molecule has 212 valence electrons. The van der Waals surface area contributed by atoms with E-state index < -0.39 is 5.92 Å². The van der Waals surface area contributed by atoms with Crippen molar-refractivity contribution in [2.24, 2.45) is 0 Å². The summed E-state index contributed by atoms with van der Waals surface area (Å²) in [5.41, 5.74) is 5.82. The summed E-state index contributed by atoms with van der Waals surface area (Å²) in [6.07, 6.45) is 0.847. The Bertz CT molecular complexity index is 1570. The van der Waals surface area contributed by atoms with Gasteiger partial charge in [0.25, 0.3) is 5.91 Å². The number of Topliss-reactive ketones (excluding diaryl/α,β-unsaturated/α-hetero) is 1. The van der Waals surface area contributed by atoms with E-state index in [-0.39, 0.29) is 35.5 Å². The lowest BCUT2D eigenvalue weighted by Crippen LogP contribution is -2.37. The van der Waals surface area contributed by atoms with Gasteiger partial charge >= 0.3 is 0 Å². The number of allylic oxidation sites excluding steroid dienone is 3. The van der Waals surface area contributed by atoms with Crippen molar-refractivity contribution < 1.29 is 28.9 Å². The number of aromatic hydroxyl groups is 1. The van der Waals surface area contributed by atoms with E-state index in [4.69, 9.17) is 14.2 Å². The number of ether oxygens (including phenoxy) is 3. The van der Waals surface area contributed by atoms with Crippen LogP contribution in [0.2, 0.25) is 0 Å². The van der Waals surface area contributed by atoms with Gasteiger partial charge < -0.3 is 30.0 Å². The first kappa shape index (κ1) is 27.8. The highest BCUT2D eigenvalue weighted by Crippen LogP contribution is 2.47. The van der Waals surface area contributed by atoms with E-state index in [0.717, 1.165) is 16.8 Å². The monoisotopic (exact) mass is 554 g/mol. The summed E-state index contributed by atoms with van der Waals surface area (Å²) in [6, 6.07) is 18.2. The molecule has 3 aromatic rings. The van der Waals surface area contributed by atoms with Crippen LogP contribution in [-0.2, 0) is 9.59 Å². The van der Waals surface area contributed by atoms with Gasteiger partial charge in [0.1, 0.15) is 0 Å². The van der Waals surface area contributed by atoms with E-state index in [2.05, 4.69) is 10.6 Å². The minimum absolute atomic E-state index is 0.0192. The van der Waals surface area contributed by atoms with Gasteiger partial charge in [-0.05, 0) is 73.7 Å². The van der Waals surface area contributed by atoms with Gasteiger partial charge in [0.15, 0.2) is 28.8 Å². The predicted octanol–water partition coefficient (Wildman–Crippen LogP) is 5.73. The first-order chi connectivity index (χ1) is 19.7. The molecule has 0 fully saturated rings. The van der Waals surface area contributed by atoms with Crippen LogP contribution in [0.4, 0.5) is 5.69 Å². The van der Waals surface area contributed by atoms with Crippen LogP contribution in [0.25, 0.3) is 0 Å². The first-order valence-electron chi connectivity index (χ1n) is 13.4. The normalized spacial score (nSPS) is 18.4. The second kappa shape index (κ2) is 11.4. The number of methoxy groups -OCH3 is 3. The number of carbonyl (C=O) groups is 2. The summed E-state index contributed by atoms with van der Waals surface area (Å²) in [7, 11) is 4.65. The molecule has 0 aromatic heterocycles. The van der Waals surface area contributed by atoms with Crippen LogP contribution >= 0.6 is 0 Å². The van der Waals surface area contributed by atoms with Crippen LogP contribution in [0.1, 0.15) is 48.3 Å². The fraction of sp³-hybridized carbons (Fsp3) is 0.273. The minimum Gasteiger partial charge on any atom is -0.504 e. The molecule has 8 heteroatoms. The standard InChI is InChI=1S/C33H34N2O6/c1-18-6-10-23(11-7-18)35-33(38)30-19(2)34-24-14-22(20-9-13-27(39-3)29(16-20)41-5)15-26(37)32(24)31(30)21-8-12-25(36)28(17-21)40-4/h6-13,16-17,22,31,34,36H,14-15H2,1-5H3,(H,35,38)/t22-,31+/m1/s1. The highest BCUT2D eigenvalue weighted by Gasteiger charge is 2.41. The van der Waals surface area contributed by atoms with E-state index >= 15 is 0 Å². The zero-order chi connectivity index (χ0) is 29.3. The van der Waals surface area contributed by atoms with E-state index in [1.54, 1.807) is 26.4 Å². The fourth-order valence-corrected chi connectivity index (χ4v) is 5.72. The Morgan fingerprint density at radius 1 is 0.854 bits per heavy atom. The molecule has 0 spiro atoms. The van der Waals surface area contributed by atoms with Crippen LogP contribution < -0.4 is 24.8 Å². The van der Waals surface area contributed by atoms with E-state index in [9.17, 15) is 14.7 Å². The Balaban J connectivity index is 1.57. The van der Waals surface area contributed by atoms with Crippen molar-refractivity contribution in [1.29, 1.82) is 0 Å². The van der Waals surface area contributed by atoms with Crippen molar-refractivity contribution in [2.45, 2.75) is 38.5 Å². The first-order valence-corrected chi connectivity index (χ1v) is 13.4. The second-order valence-electron chi connectivity index (χ2n) is 10.4. The zero-order valence-electron chi connectivity index (χ0n) is 23.8. The van der Waals surface area contributed by atoms with E-state index in [0.29, 0.717) is 46.0 Å². The third kappa shape index (κ3) is 5.37. The molecule has 8 nitrogen and oxygen atoms in total. The zero-order valence-corrected chi connectivity index (χ0v) is 23.8. The maximum absolute atomic E-state index is 14.0. The number of anilines is 1. The smallest absolute Gasteiger partial charge is 0.254 e. The number of phenols is 1. The predicted molar refractivity (Wildman–Crippen MR) is 157 cm³/mol. The summed E-state index contributed by atoms with van der Waals surface area (Å²) >= 11 is 0. The van der Waals surface area contributed by atoms with Gasteiger partial charge in [0.2, 0.25) is 0 Å². The summed E-state index contributed by atoms with van der Waals surface area (Å²) in [4.78, 5) is 27.8. The summed E-state index contributed by atoms with van der Waals surface area (Å²) in [5.74, 6) is 0.387. The van der Waals surface area contributed by atoms with Crippen LogP contribution in [0.5, 0.6) is 23.0 Å². The largest absolute Gasteiger partial charge is 0.504 e.